The van der Waals surface area contributed by atoms with E-state index in [1.54, 1.807) is 0 Å². The van der Waals surface area contributed by atoms with Crippen LogP contribution in [0.5, 0.6) is 0 Å². The summed E-state index contributed by atoms with van der Waals surface area (Å²) in [6.07, 6.45) is -4.55. The molecule has 0 bridgehead atoms. The van der Waals surface area contributed by atoms with Crippen LogP contribution in [0.3, 0.4) is 0 Å². The molecule has 0 aliphatic carbocycles. The number of anilines is 1. The molecule has 1 aromatic rings. The number of alkyl halides is 3. The Morgan fingerprint density at radius 3 is 2.43 bits per heavy atom. The summed E-state index contributed by atoms with van der Waals surface area (Å²) in [5.74, 6) is -2.56. The van der Waals surface area contributed by atoms with Gasteiger partial charge in [-0.2, -0.15) is 13.2 Å². The topological polar surface area (TPSA) is 69.6 Å². The summed E-state index contributed by atoms with van der Waals surface area (Å²) in [4.78, 5) is 22.9. The van der Waals surface area contributed by atoms with Gasteiger partial charge in [0.15, 0.2) is 0 Å². The average molecular weight is 308 g/mol. The molecule has 0 radical (unpaired) electrons. The number of carbonyl (C=O) groups excluding carboxylic acids is 1. The molecule has 2 amide bonds. The third kappa shape index (κ3) is 4.93. The van der Waals surface area contributed by atoms with Crippen molar-refractivity contribution in [1.82, 2.24) is 4.90 Å². The molecule has 0 saturated heterocycles. The van der Waals surface area contributed by atoms with E-state index in [1.165, 1.54) is 6.92 Å². The number of benzene rings is 1. The van der Waals surface area contributed by atoms with E-state index in [2.05, 4.69) is 5.32 Å². The standard InChI is InChI=1S/C12H12F4N2O3/c1-2-18(6-12(14,15)16)11(21)17-7-3-4-9(13)8(5-7)10(19)20/h3-5H,2,6H2,1H3,(H,17,21)(H,19,20). The second-order valence-corrected chi connectivity index (χ2v) is 4.06. The number of nitrogens with one attached hydrogen (secondary N) is 1. The number of hydrogen-bond donors (Lipinski definition) is 2. The molecule has 0 atom stereocenters. The SMILES string of the molecule is CCN(CC(F)(F)F)C(=O)Nc1ccc(F)c(C(=O)O)c1. The molecule has 1 rings (SSSR count). The molecule has 0 unspecified atom stereocenters. The first-order valence-electron chi connectivity index (χ1n) is 5.79. The smallest absolute Gasteiger partial charge is 0.406 e. The summed E-state index contributed by atoms with van der Waals surface area (Å²) in [6, 6.07) is 1.63. The molecule has 1 aromatic carbocycles. The minimum Gasteiger partial charge on any atom is -0.478 e. The van der Waals surface area contributed by atoms with Crippen LogP contribution in [0.4, 0.5) is 28.0 Å². The lowest BCUT2D eigenvalue weighted by Crippen LogP contribution is -2.41. The summed E-state index contributed by atoms with van der Waals surface area (Å²) in [5.41, 5.74) is -0.800. The average Bonchev–Trinajstić information content (AvgIpc) is 2.36. The number of carboxylic acid groups (broad SMARTS) is 1. The molecular weight excluding hydrogens is 296 g/mol. The summed E-state index contributed by atoms with van der Waals surface area (Å²) in [6.45, 7) is -0.278. The van der Waals surface area contributed by atoms with Crippen LogP contribution in [-0.2, 0) is 0 Å². The first-order chi connectivity index (χ1) is 9.64. The lowest BCUT2D eigenvalue weighted by Gasteiger charge is -2.22. The zero-order chi connectivity index (χ0) is 16.2. The van der Waals surface area contributed by atoms with Gasteiger partial charge in [-0.25, -0.2) is 14.0 Å². The number of halogens is 4. The van der Waals surface area contributed by atoms with Crippen LogP contribution in [0.1, 0.15) is 17.3 Å². The van der Waals surface area contributed by atoms with E-state index in [9.17, 15) is 27.2 Å². The van der Waals surface area contributed by atoms with Gasteiger partial charge in [-0.05, 0) is 25.1 Å². The highest BCUT2D eigenvalue weighted by Crippen LogP contribution is 2.18. The molecule has 9 heteroatoms. The van der Waals surface area contributed by atoms with Crippen molar-refractivity contribution in [3.8, 4) is 0 Å². The van der Waals surface area contributed by atoms with Crippen LogP contribution >= 0.6 is 0 Å². The predicted molar refractivity (Wildman–Crippen MR) is 65.7 cm³/mol. The molecule has 2 N–H and O–H groups in total. The molecule has 0 saturated carbocycles. The van der Waals surface area contributed by atoms with Gasteiger partial charge < -0.3 is 15.3 Å². The minimum absolute atomic E-state index is 0.112. The summed E-state index contributed by atoms with van der Waals surface area (Å²) >= 11 is 0. The van der Waals surface area contributed by atoms with Crippen LogP contribution in [0.25, 0.3) is 0 Å². The second kappa shape index (κ2) is 6.42. The number of aromatic carboxylic acids is 1. The number of rotatable bonds is 4. The first-order valence-corrected chi connectivity index (χ1v) is 5.79. The molecule has 0 aromatic heterocycles. The van der Waals surface area contributed by atoms with Crippen molar-refractivity contribution in [2.75, 3.05) is 18.4 Å². The molecule has 0 fully saturated rings. The van der Waals surface area contributed by atoms with Crippen LogP contribution in [0.15, 0.2) is 18.2 Å². The van der Waals surface area contributed by atoms with E-state index < -0.39 is 36.1 Å². The molecule has 0 heterocycles. The van der Waals surface area contributed by atoms with Crippen LogP contribution in [0, 0.1) is 5.82 Å². The van der Waals surface area contributed by atoms with Gasteiger partial charge in [0.25, 0.3) is 0 Å². The summed E-state index contributed by atoms with van der Waals surface area (Å²) in [5, 5.41) is 10.8. The largest absolute Gasteiger partial charge is 0.478 e. The van der Waals surface area contributed by atoms with Gasteiger partial charge in [-0.3, -0.25) is 0 Å². The van der Waals surface area contributed by atoms with Crippen molar-refractivity contribution in [3.63, 3.8) is 0 Å². The summed E-state index contributed by atoms with van der Waals surface area (Å²) in [7, 11) is 0. The van der Waals surface area contributed by atoms with E-state index >= 15 is 0 Å². The van der Waals surface area contributed by atoms with Gasteiger partial charge in [0.2, 0.25) is 0 Å². The normalized spacial score (nSPS) is 11.1. The van der Waals surface area contributed by atoms with Crippen molar-refractivity contribution < 1.29 is 32.3 Å². The van der Waals surface area contributed by atoms with Crippen LogP contribution in [0.2, 0.25) is 0 Å². The van der Waals surface area contributed by atoms with E-state index in [4.69, 9.17) is 5.11 Å². The Morgan fingerprint density at radius 2 is 1.95 bits per heavy atom. The van der Waals surface area contributed by atoms with E-state index in [0.29, 0.717) is 4.90 Å². The number of carbonyl (C=O) groups is 2. The fourth-order valence-corrected chi connectivity index (χ4v) is 1.51. The first kappa shape index (κ1) is 16.7. The molecule has 116 valence electrons. The molecule has 0 aliphatic heterocycles. The van der Waals surface area contributed by atoms with Crippen molar-refractivity contribution in [1.29, 1.82) is 0 Å². The maximum absolute atomic E-state index is 13.2. The Hall–Kier alpha value is -2.32. The zero-order valence-corrected chi connectivity index (χ0v) is 10.9. The predicted octanol–water partition coefficient (Wildman–Crippen LogP) is 2.94. The Kier molecular flexibility index (Phi) is 5.12. The number of amides is 2. The molecule has 0 spiro atoms. The van der Waals surface area contributed by atoms with Crippen LogP contribution in [-0.4, -0.2) is 41.3 Å². The highest BCUT2D eigenvalue weighted by atomic mass is 19.4. The van der Waals surface area contributed by atoms with Crippen molar-refractivity contribution in [2.45, 2.75) is 13.1 Å². The Bertz CT molecular complexity index is 546. The number of nitrogens with zero attached hydrogens (tertiary/aromatic N) is 1. The van der Waals surface area contributed by atoms with Gasteiger partial charge in [0, 0.05) is 12.2 Å². The Morgan fingerprint density at radius 1 is 1.33 bits per heavy atom. The lowest BCUT2D eigenvalue weighted by atomic mass is 10.2. The highest BCUT2D eigenvalue weighted by molar-refractivity contribution is 5.93. The fourth-order valence-electron chi connectivity index (χ4n) is 1.51. The van der Waals surface area contributed by atoms with Crippen LogP contribution < -0.4 is 5.32 Å². The van der Waals surface area contributed by atoms with E-state index in [1.807, 2.05) is 0 Å². The molecular formula is C12H12F4N2O3. The fraction of sp³-hybridized carbons (Fsp3) is 0.333. The third-order valence-electron chi connectivity index (χ3n) is 2.49. The maximum Gasteiger partial charge on any atom is 0.406 e. The maximum atomic E-state index is 13.2. The zero-order valence-electron chi connectivity index (χ0n) is 10.9. The van der Waals surface area contributed by atoms with Gasteiger partial charge in [-0.1, -0.05) is 0 Å². The Balaban J connectivity index is 2.87. The molecule has 5 nitrogen and oxygen atoms in total. The van der Waals surface area contributed by atoms with Gasteiger partial charge >= 0.3 is 18.2 Å². The molecule has 0 aliphatic rings. The lowest BCUT2D eigenvalue weighted by molar-refractivity contribution is -0.139. The number of hydrogen-bond acceptors (Lipinski definition) is 2. The van der Waals surface area contributed by atoms with E-state index in [0.717, 1.165) is 18.2 Å². The van der Waals surface area contributed by atoms with Crippen molar-refractivity contribution in [3.05, 3.63) is 29.6 Å². The number of carboxylic acids is 1. The summed E-state index contributed by atoms with van der Waals surface area (Å²) < 4.78 is 49.9. The van der Waals surface area contributed by atoms with Crippen molar-refractivity contribution in [2.24, 2.45) is 0 Å². The van der Waals surface area contributed by atoms with Gasteiger partial charge in [0.1, 0.15) is 12.4 Å². The second-order valence-electron chi connectivity index (χ2n) is 4.06. The number of urea groups is 1. The van der Waals surface area contributed by atoms with E-state index in [-0.39, 0.29) is 12.2 Å². The van der Waals surface area contributed by atoms with Gasteiger partial charge in [0.05, 0.1) is 5.56 Å². The Labute approximate surface area is 117 Å². The minimum atomic E-state index is -4.55. The third-order valence-corrected chi connectivity index (χ3v) is 2.49. The monoisotopic (exact) mass is 308 g/mol. The van der Waals surface area contributed by atoms with Gasteiger partial charge in [-0.15, -0.1) is 0 Å². The highest BCUT2D eigenvalue weighted by Gasteiger charge is 2.32. The quantitative estimate of drug-likeness (QED) is 0.840. The molecule has 21 heavy (non-hydrogen) atoms. The van der Waals surface area contributed by atoms with Crippen molar-refractivity contribution >= 4 is 17.7 Å².